The minimum atomic E-state index is -4.87. The van der Waals surface area contributed by atoms with E-state index >= 15 is 0 Å². The van der Waals surface area contributed by atoms with Crippen molar-refractivity contribution in [3.8, 4) is 0 Å². The molecule has 5 N–H and O–H groups in total. The van der Waals surface area contributed by atoms with Gasteiger partial charge in [-0.3, -0.25) is 23.2 Å². The van der Waals surface area contributed by atoms with Crippen molar-refractivity contribution in [2.24, 2.45) is 5.92 Å². The van der Waals surface area contributed by atoms with Gasteiger partial charge in [0, 0.05) is 12.8 Å². The van der Waals surface area contributed by atoms with Crippen LogP contribution in [0.1, 0.15) is 149 Å². The molecule has 0 radical (unpaired) electrons. The number of hydrogen-bond acceptors (Lipinski definition) is 11. The molecule has 14 nitrogen and oxygen atoms in total. The summed E-state index contributed by atoms with van der Waals surface area (Å²) in [6.07, 6.45) is 30.3. The molecule has 0 aromatic heterocycles. The minimum Gasteiger partial charge on any atom is -0.462 e. The van der Waals surface area contributed by atoms with Crippen molar-refractivity contribution in [2.75, 3.05) is 26.4 Å². The second kappa shape index (κ2) is 35.9. The summed E-state index contributed by atoms with van der Waals surface area (Å²) in [6, 6.07) is 0. The fourth-order valence-corrected chi connectivity index (χ4v) is 6.44. The van der Waals surface area contributed by atoms with E-state index in [1.54, 1.807) is 6.08 Å². The predicted molar refractivity (Wildman–Crippen MR) is 222 cm³/mol. The van der Waals surface area contributed by atoms with Crippen molar-refractivity contribution in [3.63, 3.8) is 0 Å². The summed E-state index contributed by atoms with van der Waals surface area (Å²) in [6.45, 7) is 3.82. The summed E-state index contributed by atoms with van der Waals surface area (Å²) >= 11 is 0. The van der Waals surface area contributed by atoms with Crippen LogP contribution < -0.4 is 0 Å². The fourth-order valence-electron chi connectivity index (χ4n) is 5.28. The number of aliphatic hydroxyl groups is 2. The minimum absolute atomic E-state index is 0.0986. The average molecular weight is 853 g/mol. The molecule has 0 aliphatic rings. The van der Waals surface area contributed by atoms with Gasteiger partial charge < -0.3 is 34.4 Å². The number of phosphoric acid groups is 2. The van der Waals surface area contributed by atoms with Crippen LogP contribution in [-0.2, 0) is 41.8 Å². The van der Waals surface area contributed by atoms with Crippen LogP contribution in [0.2, 0.25) is 0 Å². The Kier molecular flexibility index (Phi) is 34.7. The molecule has 0 saturated heterocycles. The van der Waals surface area contributed by atoms with Crippen LogP contribution in [0.3, 0.4) is 0 Å². The van der Waals surface area contributed by atoms with Crippen molar-refractivity contribution in [1.29, 1.82) is 0 Å². The molecule has 0 bridgehead atoms. The van der Waals surface area contributed by atoms with Crippen LogP contribution in [0.5, 0.6) is 0 Å². The van der Waals surface area contributed by atoms with Crippen molar-refractivity contribution in [2.45, 2.75) is 167 Å². The average Bonchev–Trinajstić information content (AvgIpc) is 3.14. The Bertz CT molecular complexity index is 1230. The van der Waals surface area contributed by atoms with Gasteiger partial charge in [-0.15, -0.1) is 0 Å². The standard InChI is InChI=1S/C41H74O14P2/c1-4-5-22-28-37(42)29-24-19-15-11-7-6-8-12-16-20-25-30-40(44)51-34-39(35-54-57(49,50)53-33-38(43)32-52-56(46,47)48)55-41(45)31-26-21-17-13-9-10-14-18-23-27-36(2)3/h6-7,12,15-16,19,24,29,36-39,42-43H,4-5,8-11,13-14,17-18,20-23,25-28,30-35H2,1-3H3,(H,49,50)(H2,46,47,48)/b7-6-,16-12-,19-15-,29-24+/t37-,38+,39-/m1/s1. The first-order chi connectivity index (χ1) is 27.1. The number of carbonyl (C=O) groups is 2. The Morgan fingerprint density at radius 2 is 1.18 bits per heavy atom. The topological polar surface area (TPSA) is 216 Å². The number of phosphoric ester groups is 2. The van der Waals surface area contributed by atoms with Crippen molar-refractivity contribution < 1.29 is 66.7 Å². The zero-order valence-corrected chi connectivity index (χ0v) is 36.5. The number of unbranched alkanes of at least 4 members (excludes halogenated alkanes) is 11. The lowest BCUT2D eigenvalue weighted by Crippen LogP contribution is -2.30. The normalized spacial score (nSPS) is 15.2. The Morgan fingerprint density at radius 1 is 0.614 bits per heavy atom. The van der Waals surface area contributed by atoms with E-state index in [0.29, 0.717) is 19.3 Å². The van der Waals surface area contributed by atoms with Crippen LogP contribution in [-0.4, -0.2) is 81.6 Å². The fraction of sp³-hybridized carbons (Fsp3) is 0.756. The number of aliphatic hydroxyl groups excluding tert-OH is 2. The Morgan fingerprint density at radius 3 is 1.82 bits per heavy atom. The molecule has 0 aromatic rings. The molecule has 1 unspecified atom stereocenters. The molecule has 0 fully saturated rings. The number of carbonyl (C=O) groups excluding carboxylic acids is 2. The summed E-state index contributed by atoms with van der Waals surface area (Å²) in [5.74, 6) is -0.381. The molecule has 0 aliphatic heterocycles. The van der Waals surface area contributed by atoms with Crippen LogP contribution in [0.4, 0.5) is 0 Å². The SMILES string of the molecule is CCCCC[C@@H](O)/C=C/C=C\C/C=C\C/C=C\CCCC(=O)OC[C@H](COP(=O)(O)OC[C@@H](O)COP(=O)(O)O)OC(=O)CCCCCCCCCCCC(C)C. The van der Waals surface area contributed by atoms with Crippen molar-refractivity contribution in [1.82, 2.24) is 0 Å². The van der Waals surface area contributed by atoms with Gasteiger partial charge in [0.2, 0.25) is 0 Å². The molecule has 0 rings (SSSR count). The van der Waals surface area contributed by atoms with E-state index in [-0.39, 0.29) is 12.8 Å². The van der Waals surface area contributed by atoms with Crippen LogP contribution in [0, 0.1) is 5.92 Å². The zero-order chi connectivity index (χ0) is 42.6. The lowest BCUT2D eigenvalue weighted by molar-refractivity contribution is -0.161. The molecule has 4 atom stereocenters. The third kappa shape index (κ3) is 40.6. The Balaban J connectivity index is 4.67. The van der Waals surface area contributed by atoms with Crippen LogP contribution in [0.25, 0.3) is 0 Å². The zero-order valence-electron chi connectivity index (χ0n) is 34.7. The summed E-state index contributed by atoms with van der Waals surface area (Å²) in [7, 11) is -9.70. The van der Waals surface area contributed by atoms with Gasteiger partial charge in [0.25, 0.3) is 0 Å². The van der Waals surface area contributed by atoms with Gasteiger partial charge >= 0.3 is 27.6 Å². The monoisotopic (exact) mass is 852 g/mol. The molecule has 0 aromatic carbocycles. The molecule has 0 heterocycles. The largest absolute Gasteiger partial charge is 0.472 e. The van der Waals surface area contributed by atoms with Gasteiger partial charge in [0.1, 0.15) is 12.7 Å². The molecule has 0 spiro atoms. The van der Waals surface area contributed by atoms with E-state index in [2.05, 4.69) is 29.8 Å². The van der Waals surface area contributed by atoms with Gasteiger partial charge in [-0.2, -0.15) is 0 Å². The van der Waals surface area contributed by atoms with E-state index < -0.39 is 72.3 Å². The molecule has 0 aliphatic carbocycles. The third-order valence-electron chi connectivity index (χ3n) is 8.49. The highest BCUT2D eigenvalue weighted by Crippen LogP contribution is 2.43. The molecular formula is C41H74O14P2. The number of rotatable bonds is 38. The quantitative estimate of drug-likeness (QED) is 0.0129. The van der Waals surface area contributed by atoms with E-state index in [9.17, 15) is 33.8 Å². The van der Waals surface area contributed by atoms with E-state index in [1.807, 2.05) is 42.5 Å². The van der Waals surface area contributed by atoms with Gasteiger partial charge in [-0.1, -0.05) is 146 Å². The maximum absolute atomic E-state index is 12.6. The summed E-state index contributed by atoms with van der Waals surface area (Å²) in [4.78, 5) is 52.5. The van der Waals surface area contributed by atoms with E-state index in [1.165, 1.54) is 32.1 Å². The van der Waals surface area contributed by atoms with Crippen LogP contribution >= 0.6 is 15.6 Å². The summed E-state index contributed by atoms with van der Waals surface area (Å²) in [5.41, 5.74) is 0. The summed E-state index contributed by atoms with van der Waals surface area (Å²) in [5, 5.41) is 19.6. The lowest BCUT2D eigenvalue weighted by Gasteiger charge is -2.20. The molecule has 16 heteroatoms. The maximum atomic E-state index is 12.6. The second-order valence-corrected chi connectivity index (χ2v) is 17.3. The molecule has 0 amide bonds. The van der Waals surface area contributed by atoms with Gasteiger partial charge in [0.05, 0.1) is 25.9 Å². The smallest absolute Gasteiger partial charge is 0.462 e. The van der Waals surface area contributed by atoms with Gasteiger partial charge in [-0.05, 0) is 44.4 Å². The Hall–Kier alpha value is -1.96. The highest BCUT2D eigenvalue weighted by atomic mass is 31.2. The highest BCUT2D eigenvalue weighted by Gasteiger charge is 2.28. The first-order valence-electron chi connectivity index (χ1n) is 20.8. The number of allylic oxidation sites excluding steroid dienone is 7. The summed E-state index contributed by atoms with van der Waals surface area (Å²) < 4.78 is 47.6. The van der Waals surface area contributed by atoms with E-state index in [0.717, 1.165) is 70.1 Å². The van der Waals surface area contributed by atoms with E-state index in [4.69, 9.17) is 23.8 Å². The maximum Gasteiger partial charge on any atom is 0.472 e. The molecular weight excluding hydrogens is 778 g/mol. The van der Waals surface area contributed by atoms with Gasteiger partial charge in [-0.25, -0.2) is 9.13 Å². The van der Waals surface area contributed by atoms with Crippen LogP contribution in [0.15, 0.2) is 48.6 Å². The van der Waals surface area contributed by atoms with Crippen molar-refractivity contribution >= 4 is 27.6 Å². The first kappa shape index (κ1) is 55.0. The Labute approximate surface area is 342 Å². The second-order valence-electron chi connectivity index (χ2n) is 14.6. The molecule has 332 valence electrons. The molecule has 57 heavy (non-hydrogen) atoms. The lowest BCUT2D eigenvalue weighted by atomic mass is 10.0. The first-order valence-corrected chi connectivity index (χ1v) is 23.8. The number of ether oxygens (including phenoxy) is 2. The number of hydrogen-bond donors (Lipinski definition) is 5. The number of esters is 2. The molecule has 0 saturated carbocycles. The van der Waals surface area contributed by atoms with Crippen molar-refractivity contribution in [3.05, 3.63) is 48.6 Å². The van der Waals surface area contributed by atoms with Gasteiger partial charge in [0.15, 0.2) is 6.10 Å². The highest BCUT2D eigenvalue weighted by molar-refractivity contribution is 7.47. The third-order valence-corrected chi connectivity index (χ3v) is 9.93. The predicted octanol–water partition coefficient (Wildman–Crippen LogP) is 9.11.